The predicted molar refractivity (Wildman–Crippen MR) is 422 cm³/mol. The van der Waals surface area contributed by atoms with Crippen molar-refractivity contribution in [3.05, 3.63) is 277 Å². The van der Waals surface area contributed by atoms with E-state index in [9.17, 15) is 0 Å². The molecule has 0 saturated carbocycles. The summed E-state index contributed by atoms with van der Waals surface area (Å²) in [4.78, 5) is 10.3. The molecule has 4 nitrogen and oxygen atoms in total. The maximum atomic E-state index is 7.47. The first kappa shape index (κ1) is 60.7. The van der Waals surface area contributed by atoms with Gasteiger partial charge in [0.15, 0.2) is 0 Å². The summed E-state index contributed by atoms with van der Waals surface area (Å²) in [5.74, 6) is 0. The third kappa shape index (κ3) is 10.1. The van der Waals surface area contributed by atoms with Crippen LogP contribution in [0, 0.1) is 0 Å². The van der Waals surface area contributed by atoms with Crippen LogP contribution in [-0.4, -0.2) is 6.85 Å². The fourth-order valence-corrected chi connectivity index (χ4v) is 17.6. The minimum absolute atomic E-state index is 0.0242. The first-order valence-electron chi connectivity index (χ1n) is 34.2. The van der Waals surface area contributed by atoms with Crippen molar-refractivity contribution < 1.29 is 4.42 Å². The third-order valence-electron chi connectivity index (χ3n) is 20.5. The quantitative estimate of drug-likeness (QED) is 0.141. The van der Waals surface area contributed by atoms with E-state index in [4.69, 9.17) is 4.42 Å². The van der Waals surface area contributed by atoms with Crippen LogP contribution in [0.25, 0.3) is 96.0 Å². The van der Waals surface area contributed by atoms with Crippen molar-refractivity contribution in [1.82, 2.24) is 0 Å². The maximum absolute atomic E-state index is 7.47. The zero-order chi connectivity index (χ0) is 66.6. The zero-order valence-electron chi connectivity index (χ0n) is 57.4. The molecule has 474 valence electrons. The lowest BCUT2D eigenvalue weighted by Crippen LogP contribution is -2.61. The molecule has 7 heteroatoms. The van der Waals surface area contributed by atoms with Gasteiger partial charge in [-0.15, -0.1) is 22.7 Å². The van der Waals surface area contributed by atoms with E-state index in [0.29, 0.717) is 0 Å². The second-order valence-corrected chi connectivity index (χ2v) is 33.0. The molecule has 0 bridgehead atoms. The molecule has 0 N–H and O–H groups in total. The van der Waals surface area contributed by atoms with E-state index < -0.39 is 0 Å². The lowest BCUT2D eigenvalue weighted by molar-refractivity contribution is 0.590. The van der Waals surface area contributed by atoms with Crippen molar-refractivity contribution >= 4 is 139 Å². The molecular weight excluding hydrogens is 1210 g/mol. The Hall–Kier alpha value is -9.92. The van der Waals surface area contributed by atoms with Gasteiger partial charge in [0.2, 0.25) is 0 Å². The van der Waals surface area contributed by atoms with Crippen LogP contribution < -0.4 is 25.5 Å². The van der Waals surface area contributed by atoms with Gasteiger partial charge in [-0.05, 0) is 163 Å². The highest BCUT2D eigenvalue weighted by Gasteiger charge is 2.48. The van der Waals surface area contributed by atoms with Gasteiger partial charge in [0.05, 0.1) is 5.69 Å². The van der Waals surface area contributed by atoms with Gasteiger partial charge in [0.1, 0.15) is 11.2 Å². The van der Waals surface area contributed by atoms with E-state index in [1.807, 2.05) is 22.7 Å². The Morgan fingerprint density at radius 2 is 0.856 bits per heavy atom. The molecule has 0 fully saturated rings. The highest BCUT2D eigenvalue weighted by Crippen LogP contribution is 2.56. The first-order valence-corrected chi connectivity index (χ1v) is 35.9. The minimum atomic E-state index is -0.315. The monoisotopic (exact) mass is 1290 g/mol. The van der Waals surface area contributed by atoms with Crippen LogP contribution in [0.1, 0.15) is 105 Å². The molecule has 0 saturated heterocycles. The van der Waals surface area contributed by atoms with E-state index in [0.717, 1.165) is 78.6 Å². The average Bonchev–Trinajstić information content (AvgIpc) is 1.67. The summed E-state index contributed by atoms with van der Waals surface area (Å²) in [6, 6.07) is 96.9. The van der Waals surface area contributed by atoms with E-state index in [1.54, 1.807) is 0 Å². The molecule has 0 atom stereocenters. The Morgan fingerprint density at radius 1 is 0.351 bits per heavy atom. The van der Waals surface area contributed by atoms with Crippen molar-refractivity contribution in [2.24, 2.45) is 0 Å². The first-order chi connectivity index (χ1) is 46.6. The fraction of sp³-hybridized carbons (Fsp3) is 0.178. The Balaban J connectivity index is 0.987. The summed E-state index contributed by atoms with van der Waals surface area (Å²) in [7, 11) is 0. The maximum Gasteiger partial charge on any atom is 0.333 e. The molecule has 17 rings (SSSR count). The Bertz CT molecular complexity index is 5540. The lowest BCUT2D eigenvalue weighted by atomic mass is 9.43. The zero-order valence-corrected chi connectivity index (χ0v) is 59.0. The summed E-state index contributed by atoms with van der Waals surface area (Å²) in [5, 5.41) is 7.12. The molecule has 0 unspecified atom stereocenters. The average molecular weight is 1290 g/mol. The Morgan fingerprint density at radius 3 is 1.44 bits per heavy atom. The number of anilines is 8. The number of nitrogens with zero attached hydrogens (tertiary/aromatic N) is 3. The third-order valence-corrected chi connectivity index (χ3v) is 22.9. The van der Waals surface area contributed by atoms with Crippen LogP contribution in [0.2, 0.25) is 0 Å². The van der Waals surface area contributed by atoms with Gasteiger partial charge in [0.25, 0.3) is 0 Å². The summed E-state index contributed by atoms with van der Waals surface area (Å²) in [5.41, 5.74) is 25.4. The number of fused-ring (bicyclic) bond motifs is 12. The number of rotatable bonds is 8. The van der Waals surface area contributed by atoms with E-state index >= 15 is 0 Å². The van der Waals surface area contributed by atoms with Crippen LogP contribution in [0.5, 0.6) is 0 Å². The number of hydrogen-bond donors (Lipinski definition) is 0. The van der Waals surface area contributed by atoms with Gasteiger partial charge >= 0.3 is 6.85 Å². The van der Waals surface area contributed by atoms with Crippen LogP contribution in [0.3, 0.4) is 0 Å². The van der Waals surface area contributed by atoms with Crippen molar-refractivity contribution in [3.63, 3.8) is 0 Å². The van der Waals surface area contributed by atoms with Crippen molar-refractivity contribution in [2.45, 2.75) is 105 Å². The van der Waals surface area contributed by atoms with Gasteiger partial charge in [-0.25, -0.2) is 0 Å². The molecule has 12 aromatic carbocycles. The predicted octanol–water partition coefficient (Wildman–Crippen LogP) is 25.5. The normalized spacial score (nSPS) is 13.3. The van der Waals surface area contributed by atoms with Gasteiger partial charge in [-0.2, -0.15) is 0 Å². The second-order valence-electron chi connectivity index (χ2n) is 30.9. The topological polar surface area (TPSA) is 22.9 Å². The molecule has 97 heavy (non-hydrogen) atoms. The number of benzene rings is 12. The van der Waals surface area contributed by atoms with E-state index in [-0.39, 0.29) is 28.5 Å². The second kappa shape index (κ2) is 22.3. The van der Waals surface area contributed by atoms with Gasteiger partial charge in [-0.1, -0.05) is 247 Å². The fourth-order valence-electron chi connectivity index (χ4n) is 15.2. The van der Waals surface area contributed by atoms with Gasteiger partial charge in [-0.3, -0.25) is 0 Å². The largest absolute Gasteiger partial charge is 0.455 e. The number of para-hydroxylation sites is 1. The van der Waals surface area contributed by atoms with Crippen molar-refractivity contribution in [2.75, 3.05) is 14.6 Å². The van der Waals surface area contributed by atoms with Crippen LogP contribution >= 0.6 is 22.7 Å². The smallest absolute Gasteiger partial charge is 0.333 e. The van der Waals surface area contributed by atoms with Crippen LogP contribution in [-0.2, 0) is 21.7 Å². The SMILES string of the molecule is CC(C)(C)c1ccc(N2B3c4cc5c(-c6ccccc6)sc(-c6ccccc6)c5cc4N(c4ccc(C(C)(C)C)cc4-c4ccccc4)c4cc5c(oc6ccccc65)c(c43)-c3cc4c(cc32)sc2cc(N(c3ccc(C(C)(C)C)cc3)c3ccc(C(C)(C)C)cc3)ccc24)cc1. The number of furan rings is 1. The lowest BCUT2D eigenvalue weighted by Gasteiger charge is -2.46. The van der Waals surface area contributed by atoms with Gasteiger partial charge in [0, 0.05) is 108 Å². The van der Waals surface area contributed by atoms with Gasteiger partial charge < -0.3 is 19.0 Å². The molecule has 0 aliphatic carbocycles. The highest BCUT2D eigenvalue weighted by molar-refractivity contribution is 7.26. The molecule has 5 heterocycles. The molecule has 15 aromatic rings. The molecule has 2 aliphatic heterocycles. The highest BCUT2D eigenvalue weighted by atomic mass is 32.1. The molecule has 2 aliphatic rings. The van der Waals surface area contributed by atoms with Crippen LogP contribution in [0.15, 0.2) is 259 Å². The van der Waals surface area contributed by atoms with Crippen molar-refractivity contribution in [1.29, 1.82) is 0 Å². The van der Waals surface area contributed by atoms with Crippen LogP contribution in [0.4, 0.5) is 45.5 Å². The summed E-state index contributed by atoms with van der Waals surface area (Å²) in [6.07, 6.45) is 0. The molecule has 3 aromatic heterocycles. The molecule has 0 amide bonds. The summed E-state index contributed by atoms with van der Waals surface area (Å²) < 4.78 is 9.93. The standard InChI is InChI=1S/C90H78BN3OS2/c1-87(2,3)58-32-39-62(40-33-58)92(63-41-34-59(35-42-63)88(4,5)6)65-45-46-67-69-50-73-76(54-81(69)96-80(67)49-65)94(64-43-36-60(37-44-64)89(7,8)9)91-74-51-71-72(86(57-28-20-15-21-29-57)97-85(71)56-26-18-14-19-27-56)53-77(74)93(75-47-38-61(90(10,11)12)48-68(75)55-24-16-13-17-25-55)78-52-70-66-30-22-23-31-79(66)95-84(70)82(73)83(78)91/h13-54H,1-12H3. The Kier molecular flexibility index (Phi) is 14.0. The summed E-state index contributed by atoms with van der Waals surface area (Å²) >= 11 is 3.79. The number of hydrogen-bond acceptors (Lipinski definition) is 6. The summed E-state index contributed by atoms with van der Waals surface area (Å²) in [6.45, 7) is 27.4. The van der Waals surface area contributed by atoms with Crippen molar-refractivity contribution in [3.8, 4) is 43.1 Å². The van der Waals surface area contributed by atoms with E-state index in [2.05, 4.69) is 352 Å². The molecule has 0 spiro atoms. The van der Waals surface area contributed by atoms with E-state index in [1.165, 1.54) is 96.1 Å². The Labute approximate surface area is 578 Å². The molecular formula is C90H78BN3OS2. The number of thiophene rings is 2. The molecule has 0 radical (unpaired) electrons. The minimum Gasteiger partial charge on any atom is -0.455 e.